The lowest BCUT2D eigenvalue weighted by atomic mass is 9.97. The minimum atomic E-state index is -0.194. The summed E-state index contributed by atoms with van der Waals surface area (Å²) >= 11 is 0. The lowest BCUT2D eigenvalue weighted by Gasteiger charge is -2.10. The average molecular weight is 229 g/mol. The molecule has 0 amide bonds. The Balaban J connectivity index is 2.36. The molecule has 88 valence electrons. The predicted octanol–water partition coefficient (Wildman–Crippen LogP) is 3.62. The first-order valence-corrected chi connectivity index (χ1v) is 5.66. The largest absolute Gasteiger partial charge is 0.398 e. The van der Waals surface area contributed by atoms with E-state index in [9.17, 15) is 4.39 Å². The maximum Gasteiger partial charge on any atom is 0.123 e. The Morgan fingerprint density at radius 3 is 2.59 bits per heavy atom. The summed E-state index contributed by atoms with van der Waals surface area (Å²) in [6.45, 7) is 4.02. The van der Waals surface area contributed by atoms with Crippen LogP contribution in [0.5, 0.6) is 0 Å². The van der Waals surface area contributed by atoms with Crippen molar-refractivity contribution < 1.29 is 4.39 Å². The van der Waals surface area contributed by atoms with Crippen molar-refractivity contribution in [3.05, 3.63) is 64.5 Å². The van der Waals surface area contributed by atoms with E-state index < -0.39 is 0 Å². The third-order valence-electron chi connectivity index (χ3n) is 2.98. The second-order valence-electron chi connectivity index (χ2n) is 4.44. The van der Waals surface area contributed by atoms with Crippen LogP contribution in [0, 0.1) is 19.7 Å². The highest BCUT2D eigenvalue weighted by Crippen LogP contribution is 2.21. The van der Waals surface area contributed by atoms with Gasteiger partial charge < -0.3 is 5.73 Å². The first-order valence-electron chi connectivity index (χ1n) is 5.66. The van der Waals surface area contributed by atoms with Gasteiger partial charge in [0.15, 0.2) is 0 Å². The number of benzene rings is 2. The van der Waals surface area contributed by atoms with Crippen molar-refractivity contribution in [1.82, 2.24) is 0 Å². The molecule has 0 spiro atoms. The molecule has 0 unspecified atom stereocenters. The van der Waals surface area contributed by atoms with E-state index in [4.69, 9.17) is 5.73 Å². The summed E-state index contributed by atoms with van der Waals surface area (Å²) in [5.41, 5.74) is 11.1. The van der Waals surface area contributed by atoms with E-state index in [1.54, 1.807) is 12.1 Å². The Morgan fingerprint density at radius 1 is 1.12 bits per heavy atom. The van der Waals surface area contributed by atoms with Gasteiger partial charge in [-0.1, -0.05) is 18.2 Å². The number of nitrogens with two attached hydrogens (primary N) is 1. The molecule has 0 radical (unpaired) electrons. The highest BCUT2D eigenvalue weighted by molar-refractivity contribution is 5.53. The Hall–Kier alpha value is -1.83. The number of hydrogen-bond acceptors (Lipinski definition) is 1. The van der Waals surface area contributed by atoms with Crippen LogP contribution < -0.4 is 5.73 Å². The molecular formula is C15H16FN. The van der Waals surface area contributed by atoms with Gasteiger partial charge in [-0.25, -0.2) is 4.39 Å². The van der Waals surface area contributed by atoms with Gasteiger partial charge in [0.25, 0.3) is 0 Å². The smallest absolute Gasteiger partial charge is 0.123 e. The van der Waals surface area contributed by atoms with Crippen molar-refractivity contribution in [2.45, 2.75) is 20.3 Å². The summed E-state index contributed by atoms with van der Waals surface area (Å²) in [6, 6.07) is 10.8. The van der Waals surface area contributed by atoms with Crippen molar-refractivity contribution in [1.29, 1.82) is 0 Å². The van der Waals surface area contributed by atoms with Crippen LogP contribution in [0.25, 0.3) is 0 Å². The molecule has 0 saturated heterocycles. The fourth-order valence-corrected chi connectivity index (χ4v) is 2.01. The number of halogens is 1. The Kier molecular flexibility index (Phi) is 3.14. The quantitative estimate of drug-likeness (QED) is 0.782. The van der Waals surface area contributed by atoms with E-state index in [2.05, 4.69) is 6.07 Å². The van der Waals surface area contributed by atoms with Crippen LogP contribution in [0.3, 0.4) is 0 Å². The summed E-state index contributed by atoms with van der Waals surface area (Å²) in [5, 5.41) is 0. The molecule has 0 fully saturated rings. The van der Waals surface area contributed by atoms with Crippen LogP contribution in [0.4, 0.5) is 10.1 Å². The number of anilines is 1. The van der Waals surface area contributed by atoms with E-state index in [-0.39, 0.29) is 5.82 Å². The number of nitrogen functional groups attached to an aromatic ring is 1. The SMILES string of the molecule is Cc1cc(N)c(C)c(Cc2cccc(F)c2)c1. The molecule has 2 N–H and O–H groups in total. The lowest BCUT2D eigenvalue weighted by Crippen LogP contribution is -1.98. The van der Waals surface area contributed by atoms with Crippen molar-refractivity contribution in [3.8, 4) is 0 Å². The summed E-state index contributed by atoms with van der Waals surface area (Å²) in [7, 11) is 0. The normalized spacial score (nSPS) is 10.5. The molecular weight excluding hydrogens is 213 g/mol. The van der Waals surface area contributed by atoms with Crippen LogP contribution >= 0.6 is 0 Å². The van der Waals surface area contributed by atoms with Crippen LogP contribution in [0.2, 0.25) is 0 Å². The third-order valence-corrected chi connectivity index (χ3v) is 2.98. The molecule has 0 aliphatic carbocycles. The minimum absolute atomic E-state index is 0.194. The van der Waals surface area contributed by atoms with Gasteiger partial charge >= 0.3 is 0 Å². The molecule has 0 aliphatic rings. The maximum absolute atomic E-state index is 13.1. The fourth-order valence-electron chi connectivity index (χ4n) is 2.01. The highest BCUT2D eigenvalue weighted by atomic mass is 19.1. The van der Waals surface area contributed by atoms with E-state index in [1.807, 2.05) is 26.0 Å². The fraction of sp³-hybridized carbons (Fsp3) is 0.200. The molecule has 0 aliphatic heterocycles. The van der Waals surface area contributed by atoms with Gasteiger partial charge in [-0.2, -0.15) is 0 Å². The molecule has 0 aromatic heterocycles. The summed E-state index contributed by atoms with van der Waals surface area (Å²) in [5.74, 6) is -0.194. The molecule has 0 heterocycles. The molecule has 2 aromatic rings. The highest BCUT2D eigenvalue weighted by Gasteiger charge is 2.05. The molecule has 0 bridgehead atoms. The van der Waals surface area contributed by atoms with Gasteiger partial charge in [0.1, 0.15) is 5.82 Å². The lowest BCUT2D eigenvalue weighted by molar-refractivity contribution is 0.626. The molecule has 0 saturated carbocycles. The monoisotopic (exact) mass is 229 g/mol. The summed E-state index contributed by atoms with van der Waals surface area (Å²) < 4.78 is 13.1. The van der Waals surface area contributed by atoms with Crippen molar-refractivity contribution >= 4 is 5.69 Å². The molecule has 2 aromatic carbocycles. The minimum Gasteiger partial charge on any atom is -0.398 e. The Labute approximate surface area is 101 Å². The van der Waals surface area contributed by atoms with Crippen molar-refractivity contribution in [2.75, 3.05) is 5.73 Å². The standard InChI is InChI=1S/C15H16FN/c1-10-6-13(11(2)15(17)7-10)8-12-4-3-5-14(16)9-12/h3-7,9H,8,17H2,1-2H3. The molecule has 1 nitrogen and oxygen atoms in total. The summed E-state index contributed by atoms with van der Waals surface area (Å²) in [4.78, 5) is 0. The Bertz CT molecular complexity index is 547. The zero-order chi connectivity index (χ0) is 12.4. The Morgan fingerprint density at radius 2 is 1.88 bits per heavy atom. The van der Waals surface area contributed by atoms with E-state index >= 15 is 0 Å². The van der Waals surface area contributed by atoms with Gasteiger partial charge in [-0.05, 0) is 60.7 Å². The second-order valence-corrected chi connectivity index (χ2v) is 4.44. The first kappa shape index (κ1) is 11.6. The second kappa shape index (κ2) is 4.58. The van der Waals surface area contributed by atoms with Gasteiger partial charge in [-0.15, -0.1) is 0 Å². The van der Waals surface area contributed by atoms with Crippen LogP contribution in [0.1, 0.15) is 22.3 Å². The molecule has 17 heavy (non-hydrogen) atoms. The van der Waals surface area contributed by atoms with E-state index in [0.717, 1.165) is 34.4 Å². The summed E-state index contributed by atoms with van der Waals surface area (Å²) in [6.07, 6.45) is 0.718. The van der Waals surface area contributed by atoms with Gasteiger partial charge in [0.05, 0.1) is 0 Å². The molecule has 0 atom stereocenters. The average Bonchev–Trinajstić information content (AvgIpc) is 2.25. The zero-order valence-electron chi connectivity index (χ0n) is 10.1. The number of hydrogen-bond donors (Lipinski definition) is 1. The van der Waals surface area contributed by atoms with Crippen molar-refractivity contribution in [2.24, 2.45) is 0 Å². The van der Waals surface area contributed by atoms with Crippen LogP contribution in [-0.4, -0.2) is 0 Å². The van der Waals surface area contributed by atoms with E-state index in [1.165, 1.54) is 6.07 Å². The van der Waals surface area contributed by atoms with Gasteiger partial charge in [-0.3, -0.25) is 0 Å². The van der Waals surface area contributed by atoms with Gasteiger partial charge in [0, 0.05) is 5.69 Å². The zero-order valence-corrected chi connectivity index (χ0v) is 10.1. The maximum atomic E-state index is 13.1. The molecule has 2 rings (SSSR count). The van der Waals surface area contributed by atoms with Crippen molar-refractivity contribution in [3.63, 3.8) is 0 Å². The van der Waals surface area contributed by atoms with Gasteiger partial charge in [0.2, 0.25) is 0 Å². The number of rotatable bonds is 2. The molecule has 2 heteroatoms. The predicted molar refractivity (Wildman–Crippen MR) is 69.5 cm³/mol. The van der Waals surface area contributed by atoms with Crippen LogP contribution in [0.15, 0.2) is 36.4 Å². The number of aryl methyl sites for hydroxylation is 1. The first-order chi connectivity index (χ1) is 8.06. The van der Waals surface area contributed by atoms with E-state index in [0.29, 0.717) is 0 Å². The van der Waals surface area contributed by atoms with Crippen LogP contribution in [-0.2, 0) is 6.42 Å². The topological polar surface area (TPSA) is 26.0 Å². The third kappa shape index (κ3) is 2.64.